The van der Waals surface area contributed by atoms with Gasteiger partial charge in [-0.3, -0.25) is 0 Å². The zero-order valence-electron chi connectivity index (χ0n) is 19.8. The zero-order chi connectivity index (χ0) is 23.6. The van der Waals surface area contributed by atoms with Crippen molar-refractivity contribution in [2.45, 2.75) is 12.5 Å². The number of nitrogens with one attached hydrogen (secondary N) is 1. The summed E-state index contributed by atoms with van der Waals surface area (Å²) < 4.78 is 0. The zero-order valence-corrected chi connectivity index (χ0v) is 19.8. The van der Waals surface area contributed by atoms with E-state index in [2.05, 4.69) is 131 Å². The third-order valence-electron chi connectivity index (χ3n) is 7.87. The Morgan fingerprint density at radius 2 is 1.50 bits per heavy atom. The number of nitrogens with zero attached hydrogens (tertiary/aromatic N) is 1. The fourth-order valence-electron chi connectivity index (χ4n) is 6.25. The number of hydrogen-bond donors (Lipinski definition) is 1. The Balaban J connectivity index is 1.28. The van der Waals surface area contributed by atoms with Gasteiger partial charge in [0.05, 0.1) is 6.04 Å². The maximum atomic E-state index is 3.63. The number of benzene rings is 5. The van der Waals surface area contributed by atoms with Gasteiger partial charge in [-0.05, 0) is 76.4 Å². The molecule has 1 atom stereocenters. The molecule has 0 radical (unpaired) electrons. The molecule has 2 nitrogen and oxygen atoms in total. The van der Waals surface area contributed by atoms with Crippen molar-refractivity contribution in [3.63, 3.8) is 0 Å². The summed E-state index contributed by atoms with van der Waals surface area (Å²) in [7, 11) is 0. The van der Waals surface area contributed by atoms with Crippen LogP contribution in [0, 0.1) is 0 Å². The normalized spacial score (nSPS) is 16.8. The molecule has 5 aromatic carbocycles. The molecule has 0 saturated carbocycles. The first-order valence-electron chi connectivity index (χ1n) is 12.6. The quantitative estimate of drug-likeness (QED) is 0.273. The predicted molar refractivity (Wildman–Crippen MR) is 153 cm³/mol. The molecule has 1 aliphatic carbocycles. The summed E-state index contributed by atoms with van der Waals surface area (Å²) in [6.07, 6.45) is 5.83. The molecule has 1 N–H and O–H groups in total. The Morgan fingerprint density at radius 3 is 2.44 bits per heavy atom. The third kappa shape index (κ3) is 2.79. The van der Waals surface area contributed by atoms with Crippen LogP contribution >= 0.6 is 0 Å². The number of H-pyrrole nitrogens is 1. The van der Waals surface area contributed by atoms with Crippen molar-refractivity contribution in [1.29, 1.82) is 0 Å². The van der Waals surface area contributed by atoms with Crippen LogP contribution in [0.25, 0.3) is 43.7 Å². The third-order valence-corrected chi connectivity index (χ3v) is 7.87. The average molecular weight is 461 g/mol. The molecule has 1 aromatic heterocycles. The first-order valence-corrected chi connectivity index (χ1v) is 12.6. The Hall–Kier alpha value is -4.56. The molecule has 2 aliphatic rings. The molecule has 6 aromatic rings. The highest BCUT2D eigenvalue weighted by atomic mass is 15.2. The number of anilines is 2. The van der Waals surface area contributed by atoms with E-state index in [4.69, 9.17) is 0 Å². The van der Waals surface area contributed by atoms with Crippen LogP contribution in [0.3, 0.4) is 0 Å². The van der Waals surface area contributed by atoms with E-state index in [0.29, 0.717) is 6.04 Å². The molecule has 0 spiro atoms. The first kappa shape index (κ1) is 19.7. The van der Waals surface area contributed by atoms with Crippen molar-refractivity contribution in [3.05, 3.63) is 132 Å². The lowest BCUT2D eigenvalue weighted by molar-refractivity contribution is 0.831. The van der Waals surface area contributed by atoms with Crippen LogP contribution < -0.4 is 4.90 Å². The lowest BCUT2D eigenvalue weighted by Gasteiger charge is -2.29. The molecule has 1 aliphatic heterocycles. The summed E-state index contributed by atoms with van der Waals surface area (Å²) in [5.74, 6) is 0. The Kier molecular flexibility index (Phi) is 4.09. The number of rotatable bonds is 2. The van der Waals surface area contributed by atoms with Crippen molar-refractivity contribution in [2.24, 2.45) is 0 Å². The van der Waals surface area contributed by atoms with E-state index < -0.39 is 0 Å². The SMILES string of the molecule is C1=C(c2ccc3[nH]c4ccc5ccccc5c4c3c2)C=C2c3ccccc3N(c3ccccc3)C2C1. The van der Waals surface area contributed by atoms with Gasteiger partial charge in [-0.15, -0.1) is 0 Å². The maximum Gasteiger partial charge on any atom is 0.0633 e. The molecule has 1 unspecified atom stereocenters. The predicted octanol–water partition coefficient (Wildman–Crippen LogP) is 8.87. The van der Waals surface area contributed by atoms with Crippen LogP contribution in [0.1, 0.15) is 17.5 Å². The van der Waals surface area contributed by atoms with Gasteiger partial charge in [0.15, 0.2) is 0 Å². The van der Waals surface area contributed by atoms with Gasteiger partial charge in [0, 0.05) is 38.7 Å². The van der Waals surface area contributed by atoms with E-state index in [1.165, 1.54) is 66.2 Å². The van der Waals surface area contributed by atoms with E-state index >= 15 is 0 Å². The van der Waals surface area contributed by atoms with Gasteiger partial charge in [-0.25, -0.2) is 0 Å². The van der Waals surface area contributed by atoms with Crippen LogP contribution in [0.2, 0.25) is 0 Å². The van der Waals surface area contributed by atoms with Gasteiger partial charge >= 0.3 is 0 Å². The molecule has 2 heterocycles. The van der Waals surface area contributed by atoms with Gasteiger partial charge in [-0.2, -0.15) is 0 Å². The average Bonchev–Trinajstić information content (AvgIpc) is 3.48. The smallest absolute Gasteiger partial charge is 0.0633 e. The molecule has 0 saturated heterocycles. The van der Waals surface area contributed by atoms with Gasteiger partial charge < -0.3 is 9.88 Å². The summed E-state index contributed by atoms with van der Waals surface area (Å²) in [5.41, 5.74) is 10.3. The molecule has 0 fully saturated rings. The number of hydrogen-bond acceptors (Lipinski definition) is 1. The minimum atomic E-state index is 0.328. The number of aromatic amines is 1. The Bertz CT molecular complexity index is 1870. The molecule has 2 heteroatoms. The van der Waals surface area contributed by atoms with Crippen molar-refractivity contribution in [3.8, 4) is 0 Å². The first-order chi connectivity index (χ1) is 17.8. The van der Waals surface area contributed by atoms with E-state index in [9.17, 15) is 0 Å². The van der Waals surface area contributed by atoms with Gasteiger partial charge in [-0.1, -0.05) is 78.9 Å². The van der Waals surface area contributed by atoms with Crippen LogP contribution in [0.15, 0.2) is 121 Å². The monoisotopic (exact) mass is 460 g/mol. The second kappa shape index (κ2) is 7.47. The largest absolute Gasteiger partial charge is 0.354 e. The fourth-order valence-corrected chi connectivity index (χ4v) is 6.25. The Morgan fingerprint density at radius 1 is 0.694 bits per heavy atom. The number of fused-ring (bicyclic) bond motifs is 8. The number of aromatic nitrogens is 1. The van der Waals surface area contributed by atoms with Crippen molar-refractivity contribution in [1.82, 2.24) is 4.98 Å². The molecular formula is C34H24N2. The highest BCUT2D eigenvalue weighted by Crippen LogP contribution is 2.49. The summed E-state index contributed by atoms with van der Waals surface area (Å²) in [6, 6.07) is 39.9. The van der Waals surface area contributed by atoms with Gasteiger partial charge in [0.25, 0.3) is 0 Å². The highest BCUT2D eigenvalue weighted by molar-refractivity contribution is 6.20. The summed E-state index contributed by atoms with van der Waals surface area (Å²) in [4.78, 5) is 6.14. The lowest BCUT2D eigenvalue weighted by Crippen LogP contribution is -2.27. The minimum absolute atomic E-state index is 0.328. The molecule has 0 amide bonds. The highest BCUT2D eigenvalue weighted by Gasteiger charge is 2.35. The number of allylic oxidation sites excluding steroid dienone is 2. The topological polar surface area (TPSA) is 19.0 Å². The summed E-state index contributed by atoms with van der Waals surface area (Å²) >= 11 is 0. The standard InChI is InChI=1S/C34H24N2/c1-2-9-25(10-3-1)36-32-13-7-6-12-27(32)28-20-24(16-19-33(28)36)23-15-17-30-29(21-23)34-26-11-5-4-8-22(26)14-18-31(34)35-30/h1-18,20-21,33,35H,19H2. The fraction of sp³-hybridized carbons (Fsp3) is 0.0588. The van der Waals surface area contributed by atoms with Gasteiger partial charge in [0.2, 0.25) is 0 Å². The minimum Gasteiger partial charge on any atom is -0.354 e. The van der Waals surface area contributed by atoms with E-state index in [0.717, 1.165) is 6.42 Å². The van der Waals surface area contributed by atoms with Crippen LogP contribution in [-0.2, 0) is 0 Å². The Labute approximate surface area is 209 Å². The van der Waals surface area contributed by atoms with E-state index in [1.54, 1.807) is 0 Å². The molecule has 0 bridgehead atoms. The van der Waals surface area contributed by atoms with Crippen molar-refractivity contribution < 1.29 is 0 Å². The van der Waals surface area contributed by atoms with Crippen molar-refractivity contribution in [2.75, 3.05) is 4.90 Å². The second-order valence-electron chi connectivity index (χ2n) is 9.83. The van der Waals surface area contributed by atoms with E-state index in [1.807, 2.05) is 0 Å². The van der Waals surface area contributed by atoms with Crippen molar-refractivity contribution >= 4 is 55.1 Å². The number of para-hydroxylation sites is 2. The molecule has 36 heavy (non-hydrogen) atoms. The van der Waals surface area contributed by atoms with Crippen LogP contribution in [0.5, 0.6) is 0 Å². The van der Waals surface area contributed by atoms with Gasteiger partial charge in [0.1, 0.15) is 0 Å². The molecule has 8 rings (SSSR count). The lowest BCUT2D eigenvalue weighted by atomic mass is 9.89. The summed E-state index contributed by atoms with van der Waals surface area (Å²) in [5, 5.41) is 5.19. The second-order valence-corrected chi connectivity index (χ2v) is 9.83. The van der Waals surface area contributed by atoms with Crippen LogP contribution in [0.4, 0.5) is 11.4 Å². The molecule has 170 valence electrons. The molecular weight excluding hydrogens is 436 g/mol. The van der Waals surface area contributed by atoms with Crippen LogP contribution in [-0.4, -0.2) is 11.0 Å². The maximum absolute atomic E-state index is 3.63. The van der Waals surface area contributed by atoms with E-state index in [-0.39, 0.29) is 0 Å². The summed E-state index contributed by atoms with van der Waals surface area (Å²) in [6.45, 7) is 0.